The van der Waals surface area contributed by atoms with Gasteiger partial charge in [0, 0.05) is 25.1 Å². The first-order chi connectivity index (χ1) is 10.8. The standard InChI is InChI=1S/C18H23Cl2NO2/c1-17(2,13-4-5-14(19)15(20)10-13)16(22)21-8-7-18(11-21)6-3-9-23-12-18/h4-5,10H,3,6-9,11-12H2,1-2H3. The summed E-state index contributed by atoms with van der Waals surface area (Å²) in [6, 6.07) is 5.45. The lowest BCUT2D eigenvalue weighted by atomic mass is 9.81. The van der Waals surface area contributed by atoms with Gasteiger partial charge in [-0.2, -0.15) is 0 Å². The highest BCUT2D eigenvalue weighted by atomic mass is 35.5. The van der Waals surface area contributed by atoms with E-state index in [1.165, 1.54) is 0 Å². The second-order valence-corrected chi connectivity index (χ2v) is 8.20. The summed E-state index contributed by atoms with van der Waals surface area (Å²) in [6.45, 7) is 7.16. The third-order valence-corrected chi connectivity index (χ3v) is 6.04. The summed E-state index contributed by atoms with van der Waals surface area (Å²) in [6.07, 6.45) is 3.29. The number of amides is 1. The molecule has 0 saturated carbocycles. The predicted molar refractivity (Wildman–Crippen MR) is 93.2 cm³/mol. The lowest BCUT2D eigenvalue weighted by Crippen LogP contribution is -2.44. The van der Waals surface area contributed by atoms with Crippen LogP contribution in [0, 0.1) is 5.41 Å². The van der Waals surface area contributed by atoms with Crippen molar-refractivity contribution in [3.63, 3.8) is 0 Å². The van der Waals surface area contributed by atoms with Crippen molar-refractivity contribution in [2.24, 2.45) is 5.41 Å². The van der Waals surface area contributed by atoms with Crippen LogP contribution in [0.25, 0.3) is 0 Å². The predicted octanol–water partition coefficient (Wildman–Crippen LogP) is 4.30. The van der Waals surface area contributed by atoms with E-state index in [0.717, 1.165) is 51.1 Å². The first kappa shape index (κ1) is 17.1. The fourth-order valence-corrected chi connectivity index (χ4v) is 4.04. The number of hydrogen-bond donors (Lipinski definition) is 0. The molecule has 5 heteroatoms. The van der Waals surface area contributed by atoms with Crippen molar-refractivity contribution in [2.45, 2.75) is 38.5 Å². The molecule has 2 saturated heterocycles. The van der Waals surface area contributed by atoms with Gasteiger partial charge >= 0.3 is 0 Å². The molecule has 2 aliphatic heterocycles. The van der Waals surface area contributed by atoms with Crippen LogP contribution in [0.1, 0.15) is 38.7 Å². The zero-order valence-electron chi connectivity index (χ0n) is 13.7. The molecule has 126 valence electrons. The van der Waals surface area contributed by atoms with E-state index in [1.807, 2.05) is 24.8 Å². The van der Waals surface area contributed by atoms with E-state index in [4.69, 9.17) is 27.9 Å². The van der Waals surface area contributed by atoms with Gasteiger partial charge in [0.05, 0.1) is 22.1 Å². The quantitative estimate of drug-likeness (QED) is 0.791. The Morgan fingerprint density at radius 2 is 2.04 bits per heavy atom. The summed E-state index contributed by atoms with van der Waals surface area (Å²) in [7, 11) is 0. The summed E-state index contributed by atoms with van der Waals surface area (Å²) in [5.41, 5.74) is 0.453. The minimum Gasteiger partial charge on any atom is -0.381 e. The highest BCUT2D eigenvalue weighted by molar-refractivity contribution is 6.42. The summed E-state index contributed by atoms with van der Waals surface area (Å²) in [4.78, 5) is 15.1. The molecule has 1 aromatic rings. The van der Waals surface area contributed by atoms with Crippen molar-refractivity contribution in [3.05, 3.63) is 33.8 Å². The average Bonchev–Trinajstić information content (AvgIpc) is 2.93. The summed E-state index contributed by atoms with van der Waals surface area (Å²) in [5.74, 6) is 0.151. The molecule has 2 aliphatic rings. The van der Waals surface area contributed by atoms with Crippen LogP contribution >= 0.6 is 23.2 Å². The molecule has 3 nitrogen and oxygen atoms in total. The van der Waals surface area contributed by atoms with Crippen LogP contribution in [-0.2, 0) is 14.9 Å². The molecule has 3 rings (SSSR count). The second-order valence-electron chi connectivity index (χ2n) is 7.39. The minimum absolute atomic E-state index is 0.151. The zero-order valence-corrected chi connectivity index (χ0v) is 15.2. The Hall–Kier alpha value is -0.770. The number of likely N-dealkylation sites (tertiary alicyclic amines) is 1. The fraction of sp³-hybridized carbons (Fsp3) is 0.611. The van der Waals surface area contributed by atoms with Gasteiger partial charge in [0.25, 0.3) is 0 Å². The number of benzene rings is 1. The number of nitrogens with zero attached hydrogens (tertiary/aromatic N) is 1. The largest absolute Gasteiger partial charge is 0.381 e. The first-order valence-corrected chi connectivity index (χ1v) is 8.92. The van der Waals surface area contributed by atoms with Crippen molar-refractivity contribution in [3.8, 4) is 0 Å². The molecule has 0 radical (unpaired) electrons. The molecular weight excluding hydrogens is 333 g/mol. The molecule has 1 unspecified atom stereocenters. The fourth-order valence-electron chi connectivity index (χ4n) is 3.74. The zero-order chi connectivity index (χ0) is 16.7. The van der Waals surface area contributed by atoms with Gasteiger partial charge in [0.15, 0.2) is 0 Å². The normalized spacial score (nSPS) is 25.1. The molecule has 1 spiro atoms. The van der Waals surface area contributed by atoms with Gasteiger partial charge in [-0.15, -0.1) is 0 Å². The number of hydrogen-bond acceptors (Lipinski definition) is 2. The number of halogens is 2. The van der Waals surface area contributed by atoms with E-state index in [1.54, 1.807) is 12.1 Å². The maximum atomic E-state index is 13.1. The van der Waals surface area contributed by atoms with Crippen LogP contribution in [0.3, 0.4) is 0 Å². The molecule has 0 aromatic heterocycles. The van der Waals surface area contributed by atoms with Crippen LogP contribution in [0.4, 0.5) is 0 Å². The molecule has 0 N–H and O–H groups in total. The Morgan fingerprint density at radius 1 is 1.26 bits per heavy atom. The van der Waals surface area contributed by atoms with Crippen molar-refractivity contribution in [2.75, 3.05) is 26.3 Å². The Kier molecular flexibility index (Phi) is 4.65. The van der Waals surface area contributed by atoms with Crippen molar-refractivity contribution in [1.29, 1.82) is 0 Å². The maximum Gasteiger partial charge on any atom is 0.232 e. The number of rotatable bonds is 2. The molecule has 1 atom stereocenters. The van der Waals surface area contributed by atoms with Gasteiger partial charge < -0.3 is 9.64 Å². The van der Waals surface area contributed by atoms with E-state index in [9.17, 15) is 4.79 Å². The van der Waals surface area contributed by atoms with E-state index in [2.05, 4.69) is 0 Å². The van der Waals surface area contributed by atoms with Gasteiger partial charge in [-0.25, -0.2) is 0 Å². The molecular formula is C18H23Cl2NO2. The molecule has 1 aromatic carbocycles. The molecule has 1 amide bonds. The van der Waals surface area contributed by atoms with Crippen LogP contribution in [-0.4, -0.2) is 37.1 Å². The SMILES string of the molecule is CC(C)(C(=O)N1CCC2(CCCOC2)C1)c1ccc(Cl)c(Cl)c1. The highest BCUT2D eigenvalue weighted by Crippen LogP contribution is 2.40. The molecule has 2 fully saturated rings. The Labute approximate surface area is 147 Å². The third-order valence-electron chi connectivity index (χ3n) is 5.31. The smallest absolute Gasteiger partial charge is 0.232 e. The van der Waals surface area contributed by atoms with Gasteiger partial charge in [0.1, 0.15) is 0 Å². The minimum atomic E-state index is -0.616. The number of ether oxygens (including phenoxy) is 1. The van der Waals surface area contributed by atoms with Crippen LogP contribution in [0.5, 0.6) is 0 Å². The van der Waals surface area contributed by atoms with Crippen molar-refractivity contribution < 1.29 is 9.53 Å². The maximum absolute atomic E-state index is 13.1. The van der Waals surface area contributed by atoms with Gasteiger partial charge in [-0.1, -0.05) is 29.3 Å². The molecule has 2 heterocycles. The molecule has 23 heavy (non-hydrogen) atoms. The van der Waals surface area contributed by atoms with Gasteiger partial charge in [0.2, 0.25) is 5.91 Å². The lowest BCUT2D eigenvalue weighted by molar-refractivity contribution is -0.136. The van der Waals surface area contributed by atoms with E-state index < -0.39 is 5.41 Å². The number of carbonyl (C=O) groups is 1. The molecule has 0 bridgehead atoms. The van der Waals surface area contributed by atoms with E-state index in [0.29, 0.717) is 10.0 Å². The van der Waals surface area contributed by atoms with Crippen LogP contribution < -0.4 is 0 Å². The Bertz CT molecular complexity index is 609. The van der Waals surface area contributed by atoms with Gasteiger partial charge in [-0.05, 0) is 50.8 Å². The summed E-state index contributed by atoms with van der Waals surface area (Å²) >= 11 is 12.1. The Balaban J connectivity index is 1.77. The van der Waals surface area contributed by atoms with Crippen LogP contribution in [0.2, 0.25) is 10.0 Å². The highest BCUT2D eigenvalue weighted by Gasteiger charge is 2.44. The third kappa shape index (κ3) is 3.24. The first-order valence-electron chi connectivity index (χ1n) is 8.17. The van der Waals surface area contributed by atoms with Crippen LogP contribution in [0.15, 0.2) is 18.2 Å². The summed E-state index contributed by atoms with van der Waals surface area (Å²) < 4.78 is 5.66. The van der Waals surface area contributed by atoms with E-state index in [-0.39, 0.29) is 11.3 Å². The van der Waals surface area contributed by atoms with Gasteiger partial charge in [-0.3, -0.25) is 4.79 Å². The average molecular weight is 356 g/mol. The Morgan fingerprint density at radius 3 is 2.70 bits per heavy atom. The lowest BCUT2D eigenvalue weighted by Gasteiger charge is -2.35. The summed E-state index contributed by atoms with van der Waals surface area (Å²) in [5, 5.41) is 1.00. The van der Waals surface area contributed by atoms with Crippen molar-refractivity contribution in [1.82, 2.24) is 4.90 Å². The monoisotopic (exact) mass is 355 g/mol. The number of carbonyl (C=O) groups excluding carboxylic acids is 1. The second kappa shape index (κ2) is 6.27. The molecule has 0 aliphatic carbocycles. The van der Waals surface area contributed by atoms with E-state index >= 15 is 0 Å². The van der Waals surface area contributed by atoms with Crippen molar-refractivity contribution >= 4 is 29.1 Å². The topological polar surface area (TPSA) is 29.5 Å².